The fourth-order valence-corrected chi connectivity index (χ4v) is 5.07. The number of halogens is 2. The molecule has 2 heterocycles. The molecule has 3 aliphatic rings. The summed E-state index contributed by atoms with van der Waals surface area (Å²) in [5.74, 6) is -1.08. The van der Waals surface area contributed by atoms with Gasteiger partial charge in [-0.2, -0.15) is 0 Å². The van der Waals surface area contributed by atoms with Crippen LogP contribution in [0.25, 0.3) is 0 Å². The molecule has 4 rings (SSSR count). The zero-order chi connectivity index (χ0) is 19.7. The van der Waals surface area contributed by atoms with Crippen molar-refractivity contribution in [1.29, 1.82) is 0 Å². The predicted octanol–water partition coefficient (Wildman–Crippen LogP) is 2.80. The maximum absolute atomic E-state index is 14.0. The van der Waals surface area contributed by atoms with Gasteiger partial charge in [0.25, 0.3) is 0 Å². The highest BCUT2D eigenvalue weighted by Gasteiger charge is 2.51. The molecule has 7 heteroatoms. The Balaban J connectivity index is 1.45. The van der Waals surface area contributed by atoms with Gasteiger partial charge in [0.05, 0.1) is 18.4 Å². The van der Waals surface area contributed by atoms with Crippen molar-refractivity contribution in [3.05, 3.63) is 35.4 Å². The van der Waals surface area contributed by atoms with Crippen molar-refractivity contribution in [3.63, 3.8) is 0 Å². The number of carbonyl (C=O) groups excluding carboxylic acids is 2. The molecule has 28 heavy (non-hydrogen) atoms. The molecule has 2 amide bonds. The molecule has 3 fully saturated rings. The second kappa shape index (κ2) is 7.78. The normalized spacial score (nSPS) is 26.2. The first-order chi connectivity index (χ1) is 13.4. The lowest BCUT2D eigenvalue weighted by Gasteiger charge is -2.34. The molecule has 0 bridgehead atoms. The topological polar surface area (TPSA) is 52.7 Å². The molecule has 2 aliphatic heterocycles. The van der Waals surface area contributed by atoms with Crippen LogP contribution in [-0.4, -0.2) is 46.9 Å². The smallest absolute Gasteiger partial charge is 0.246 e. The minimum Gasteiger partial charge on any atom is -0.301 e. The van der Waals surface area contributed by atoms with Crippen LogP contribution in [0.15, 0.2) is 18.2 Å². The fraction of sp³-hybridized carbons (Fsp3) is 0.619. The van der Waals surface area contributed by atoms with Crippen molar-refractivity contribution in [3.8, 4) is 0 Å². The Kier molecular flexibility index (Phi) is 5.36. The molecular formula is C21H27F2N3O2. The first kappa shape index (κ1) is 19.3. The van der Waals surface area contributed by atoms with Crippen molar-refractivity contribution >= 4 is 11.8 Å². The number of hydrazine groups is 1. The molecule has 1 saturated carbocycles. The lowest BCUT2D eigenvalue weighted by Crippen LogP contribution is -2.54. The molecule has 1 N–H and O–H groups in total. The lowest BCUT2D eigenvalue weighted by atomic mass is 9.89. The van der Waals surface area contributed by atoms with Gasteiger partial charge in [-0.05, 0) is 43.4 Å². The number of benzene rings is 1. The average Bonchev–Trinajstić information content (AvgIpc) is 3.21. The fourth-order valence-electron chi connectivity index (χ4n) is 5.07. The maximum atomic E-state index is 14.0. The van der Waals surface area contributed by atoms with Crippen molar-refractivity contribution < 1.29 is 18.4 Å². The minimum absolute atomic E-state index is 0.0124. The molecule has 1 aliphatic carbocycles. The van der Waals surface area contributed by atoms with Crippen LogP contribution in [0.1, 0.15) is 50.5 Å². The molecule has 1 aromatic rings. The van der Waals surface area contributed by atoms with Crippen LogP contribution in [0.4, 0.5) is 8.78 Å². The van der Waals surface area contributed by atoms with Crippen LogP contribution >= 0.6 is 0 Å². The van der Waals surface area contributed by atoms with Gasteiger partial charge in [0.15, 0.2) is 0 Å². The molecule has 1 unspecified atom stereocenters. The van der Waals surface area contributed by atoms with Gasteiger partial charge in [0.1, 0.15) is 11.6 Å². The van der Waals surface area contributed by atoms with E-state index >= 15 is 0 Å². The number of carbonyl (C=O) groups is 2. The third-order valence-corrected chi connectivity index (χ3v) is 6.45. The van der Waals surface area contributed by atoms with Gasteiger partial charge in [-0.3, -0.25) is 15.0 Å². The van der Waals surface area contributed by atoms with E-state index in [9.17, 15) is 18.4 Å². The highest BCUT2D eigenvalue weighted by atomic mass is 19.1. The predicted molar refractivity (Wildman–Crippen MR) is 100 cm³/mol. The molecule has 1 spiro atoms. The Bertz CT molecular complexity index is 766. The Hall–Kier alpha value is -2.02. The summed E-state index contributed by atoms with van der Waals surface area (Å²) < 4.78 is 27.4. The summed E-state index contributed by atoms with van der Waals surface area (Å²) >= 11 is 0. The molecule has 1 aromatic carbocycles. The van der Waals surface area contributed by atoms with E-state index in [2.05, 4.69) is 10.3 Å². The summed E-state index contributed by atoms with van der Waals surface area (Å²) in [6.07, 6.45) is 7.11. The highest BCUT2D eigenvalue weighted by Crippen LogP contribution is 2.36. The summed E-state index contributed by atoms with van der Waals surface area (Å²) in [5.41, 5.74) is 2.10. The molecule has 152 valence electrons. The third-order valence-electron chi connectivity index (χ3n) is 6.45. The van der Waals surface area contributed by atoms with E-state index in [1.54, 1.807) is 0 Å². The van der Waals surface area contributed by atoms with Crippen molar-refractivity contribution in [2.45, 2.75) is 56.9 Å². The number of hydrogen-bond acceptors (Lipinski definition) is 3. The second-order valence-corrected chi connectivity index (χ2v) is 8.57. The van der Waals surface area contributed by atoms with E-state index in [0.717, 1.165) is 37.7 Å². The first-order valence-electron chi connectivity index (χ1n) is 10.2. The van der Waals surface area contributed by atoms with Gasteiger partial charge in [-0.25, -0.2) is 13.8 Å². The summed E-state index contributed by atoms with van der Waals surface area (Å²) in [5, 5.41) is 1.40. The van der Waals surface area contributed by atoms with Gasteiger partial charge in [0.2, 0.25) is 11.8 Å². The summed E-state index contributed by atoms with van der Waals surface area (Å²) in [7, 11) is 0. The van der Waals surface area contributed by atoms with Gasteiger partial charge >= 0.3 is 0 Å². The largest absolute Gasteiger partial charge is 0.301 e. The summed E-state index contributed by atoms with van der Waals surface area (Å²) in [4.78, 5) is 27.4. The van der Waals surface area contributed by atoms with E-state index in [4.69, 9.17) is 0 Å². The van der Waals surface area contributed by atoms with Crippen molar-refractivity contribution in [2.24, 2.45) is 5.92 Å². The Morgan fingerprint density at radius 3 is 2.79 bits per heavy atom. The lowest BCUT2D eigenvalue weighted by molar-refractivity contribution is -0.140. The standard InChI is InChI=1S/C21H27F2N3O2/c22-17-6-7-18(23)16(10-17)11-20(28)26-21(12-19(27)24-26)8-9-25(14-21)13-15-4-2-1-3-5-15/h6-7,10,15H,1-5,8-9,11-14H2,(H,24,27). The Morgan fingerprint density at radius 1 is 1.21 bits per heavy atom. The molecule has 1 atom stereocenters. The SMILES string of the molecule is O=C1CC2(CCN(CC3CCCCC3)C2)N(C(=O)Cc2cc(F)ccc2F)N1. The van der Waals surface area contributed by atoms with Crippen LogP contribution in [-0.2, 0) is 16.0 Å². The molecule has 0 radical (unpaired) electrons. The van der Waals surface area contributed by atoms with Crippen molar-refractivity contribution in [1.82, 2.24) is 15.3 Å². The van der Waals surface area contributed by atoms with E-state index in [1.807, 2.05) is 0 Å². The van der Waals surface area contributed by atoms with Gasteiger partial charge in [-0.1, -0.05) is 19.3 Å². The number of nitrogens with zero attached hydrogens (tertiary/aromatic N) is 2. The molecule has 0 aromatic heterocycles. The summed E-state index contributed by atoms with van der Waals surface area (Å²) in [6, 6.07) is 3.10. The number of nitrogens with one attached hydrogen (secondary N) is 1. The monoisotopic (exact) mass is 391 g/mol. The zero-order valence-electron chi connectivity index (χ0n) is 16.1. The average molecular weight is 391 g/mol. The first-order valence-corrected chi connectivity index (χ1v) is 10.2. The second-order valence-electron chi connectivity index (χ2n) is 8.57. The number of hydrogen-bond donors (Lipinski definition) is 1. The van der Waals surface area contributed by atoms with Crippen LogP contribution < -0.4 is 5.43 Å². The molecular weight excluding hydrogens is 364 g/mol. The number of amides is 2. The number of rotatable bonds is 4. The van der Waals surface area contributed by atoms with Crippen molar-refractivity contribution in [2.75, 3.05) is 19.6 Å². The van der Waals surface area contributed by atoms with Crippen LogP contribution in [0.2, 0.25) is 0 Å². The van der Waals surface area contributed by atoms with E-state index in [-0.39, 0.29) is 24.3 Å². The summed E-state index contributed by atoms with van der Waals surface area (Å²) in [6.45, 7) is 2.51. The van der Waals surface area contributed by atoms with E-state index in [0.29, 0.717) is 12.5 Å². The zero-order valence-corrected chi connectivity index (χ0v) is 16.1. The van der Waals surface area contributed by atoms with Gasteiger partial charge < -0.3 is 4.90 Å². The van der Waals surface area contributed by atoms with Crippen LogP contribution in [0, 0.1) is 17.6 Å². The molecule has 2 saturated heterocycles. The van der Waals surface area contributed by atoms with Gasteiger partial charge in [-0.15, -0.1) is 0 Å². The van der Waals surface area contributed by atoms with Crippen LogP contribution in [0.5, 0.6) is 0 Å². The Morgan fingerprint density at radius 2 is 2.00 bits per heavy atom. The van der Waals surface area contributed by atoms with Gasteiger partial charge in [0, 0.05) is 25.2 Å². The minimum atomic E-state index is -0.611. The Labute approximate surface area is 164 Å². The third kappa shape index (κ3) is 3.90. The van der Waals surface area contributed by atoms with E-state index < -0.39 is 23.1 Å². The number of likely N-dealkylation sites (tertiary alicyclic amines) is 1. The van der Waals surface area contributed by atoms with Crippen LogP contribution in [0.3, 0.4) is 0 Å². The maximum Gasteiger partial charge on any atom is 0.246 e. The highest BCUT2D eigenvalue weighted by molar-refractivity contribution is 5.88. The van der Waals surface area contributed by atoms with E-state index in [1.165, 1.54) is 37.1 Å². The molecule has 5 nitrogen and oxygen atoms in total. The quantitative estimate of drug-likeness (QED) is 0.859.